The molecule has 1 saturated heterocycles. The van der Waals surface area contributed by atoms with Crippen molar-refractivity contribution in [1.29, 1.82) is 0 Å². The third kappa shape index (κ3) is 2.81. The molecule has 2 amide bonds. The summed E-state index contributed by atoms with van der Waals surface area (Å²) >= 11 is 0. The van der Waals surface area contributed by atoms with Crippen LogP contribution in [0.4, 0.5) is 10.5 Å². The van der Waals surface area contributed by atoms with E-state index in [1.807, 2.05) is 18.2 Å². The average Bonchev–Trinajstić information content (AvgIpc) is 3.13. The van der Waals surface area contributed by atoms with Gasteiger partial charge in [0.05, 0.1) is 11.6 Å². The standard InChI is InChI=1S/C17H23N3O2/c1-3-19-8-6-13-4-5-15(10-16(13)19)18-17(22)20-9-7-14(11-20)12(2)21/h4-6,8,10,12,14,21H,3,7,9,11H2,1-2H3,(H,18,22)/t12-,14+/m0/s1. The number of carbonyl (C=O) groups is 1. The molecular weight excluding hydrogens is 278 g/mol. The minimum absolute atomic E-state index is 0.0860. The van der Waals surface area contributed by atoms with Gasteiger partial charge in [0.15, 0.2) is 0 Å². The summed E-state index contributed by atoms with van der Waals surface area (Å²) in [6.07, 6.45) is 2.56. The number of likely N-dealkylation sites (tertiary alicyclic amines) is 1. The highest BCUT2D eigenvalue weighted by molar-refractivity contribution is 5.93. The normalized spacial score (nSPS) is 19.6. The van der Waals surface area contributed by atoms with Gasteiger partial charge in [-0.2, -0.15) is 0 Å². The van der Waals surface area contributed by atoms with Crippen LogP contribution in [0.5, 0.6) is 0 Å². The van der Waals surface area contributed by atoms with Crippen molar-refractivity contribution < 1.29 is 9.90 Å². The van der Waals surface area contributed by atoms with Crippen LogP contribution in [0, 0.1) is 5.92 Å². The summed E-state index contributed by atoms with van der Waals surface area (Å²) in [7, 11) is 0. The summed E-state index contributed by atoms with van der Waals surface area (Å²) in [4.78, 5) is 14.1. The number of rotatable bonds is 3. The zero-order valence-electron chi connectivity index (χ0n) is 13.1. The summed E-state index contributed by atoms with van der Waals surface area (Å²) < 4.78 is 2.16. The lowest BCUT2D eigenvalue weighted by Gasteiger charge is -2.18. The second kappa shape index (κ2) is 6.01. The number of benzene rings is 1. The van der Waals surface area contributed by atoms with Gasteiger partial charge in [0, 0.05) is 37.4 Å². The van der Waals surface area contributed by atoms with Gasteiger partial charge in [-0.05, 0) is 43.9 Å². The quantitative estimate of drug-likeness (QED) is 0.916. The molecule has 1 aliphatic heterocycles. The predicted molar refractivity (Wildman–Crippen MR) is 88.0 cm³/mol. The fraction of sp³-hybridized carbons (Fsp3) is 0.471. The Labute approximate surface area is 130 Å². The third-order valence-electron chi connectivity index (χ3n) is 4.56. The fourth-order valence-electron chi connectivity index (χ4n) is 3.11. The molecule has 3 rings (SSSR count). The van der Waals surface area contributed by atoms with Crippen molar-refractivity contribution in [3.63, 3.8) is 0 Å². The maximum Gasteiger partial charge on any atom is 0.321 e. The highest BCUT2D eigenvalue weighted by Crippen LogP contribution is 2.23. The number of nitrogens with one attached hydrogen (secondary N) is 1. The molecule has 0 bridgehead atoms. The van der Waals surface area contributed by atoms with E-state index in [1.54, 1.807) is 11.8 Å². The lowest BCUT2D eigenvalue weighted by atomic mass is 10.0. The minimum Gasteiger partial charge on any atom is -0.393 e. The highest BCUT2D eigenvalue weighted by Gasteiger charge is 2.29. The van der Waals surface area contributed by atoms with E-state index in [9.17, 15) is 9.90 Å². The van der Waals surface area contributed by atoms with Crippen LogP contribution in [0.25, 0.3) is 10.9 Å². The summed E-state index contributed by atoms with van der Waals surface area (Å²) in [5.74, 6) is 0.186. The minimum atomic E-state index is -0.359. The Balaban J connectivity index is 1.71. The number of urea groups is 1. The van der Waals surface area contributed by atoms with E-state index in [0.717, 1.165) is 24.2 Å². The van der Waals surface area contributed by atoms with Gasteiger partial charge in [0.25, 0.3) is 0 Å². The first-order valence-corrected chi connectivity index (χ1v) is 7.91. The molecule has 1 fully saturated rings. The molecule has 1 aliphatic rings. The Bertz CT molecular complexity index is 678. The molecule has 2 heterocycles. The summed E-state index contributed by atoms with van der Waals surface area (Å²) in [5, 5.41) is 13.8. The van der Waals surface area contributed by atoms with E-state index in [2.05, 4.69) is 29.1 Å². The topological polar surface area (TPSA) is 57.5 Å². The SMILES string of the molecule is CCn1ccc2ccc(NC(=O)N3CC[C@@H]([C@H](C)O)C3)cc21. The van der Waals surface area contributed by atoms with Crippen LogP contribution in [0.15, 0.2) is 30.5 Å². The number of aromatic nitrogens is 1. The number of aliphatic hydroxyl groups excluding tert-OH is 1. The molecule has 0 saturated carbocycles. The number of amides is 2. The molecule has 1 aromatic heterocycles. The van der Waals surface area contributed by atoms with Gasteiger partial charge in [0.2, 0.25) is 0 Å². The summed E-state index contributed by atoms with van der Waals surface area (Å²) in [5.41, 5.74) is 1.94. The monoisotopic (exact) mass is 301 g/mol. The lowest BCUT2D eigenvalue weighted by Crippen LogP contribution is -2.34. The molecule has 2 aromatic rings. The van der Waals surface area contributed by atoms with Crippen LogP contribution >= 0.6 is 0 Å². The van der Waals surface area contributed by atoms with Crippen molar-refractivity contribution in [1.82, 2.24) is 9.47 Å². The molecule has 118 valence electrons. The van der Waals surface area contributed by atoms with E-state index in [-0.39, 0.29) is 18.1 Å². The number of hydrogen-bond acceptors (Lipinski definition) is 2. The maximum absolute atomic E-state index is 12.3. The molecule has 1 aromatic carbocycles. The molecule has 0 spiro atoms. The second-order valence-corrected chi connectivity index (χ2v) is 6.04. The van der Waals surface area contributed by atoms with Gasteiger partial charge in [-0.3, -0.25) is 0 Å². The molecular formula is C17H23N3O2. The Morgan fingerprint density at radius 2 is 2.27 bits per heavy atom. The van der Waals surface area contributed by atoms with Crippen LogP contribution in [0.2, 0.25) is 0 Å². The Kier molecular flexibility index (Phi) is 4.07. The Morgan fingerprint density at radius 3 is 2.95 bits per heavy atom. The van der Waals surface area contributed by atoms with Gasteiger partial charge >= 0.3 is 6.03 Å². The first kappa shape index (κ1) is 14.9. The zero-order valence-corrected chi connectivity index (χ0v) is 13.1. The van der Waals surface area contributed by atoms with Crippen molar-refractivity contribution in [3.05, 3.63) is 30.5 Å². The van der Waals surface area contributed by atoms with Crippen LogP contribution in [-0.4, -0.2) is 39.8 Å². The number of aryl methyl sites for hydroxylation is 1. The first-order chi connectivity index (χ1) is 10.6. The molecule has 5 nitrogen and oxygen atoms in total. The van der Waals surface area contributed by atoms with Crippen molar-refractivity contribution >= 4 is 22.6 Å². The van der Waals surface area contributed by atoms with Crippen LogP contribution in [0.1, 0.15) is 20.3 Å². The molecule has 5 heteroatoms. The van der Waals surface area contributed by atoms with E-state index < -0.39 is 0 Å². The molecule has 0 aliphatic carbocycles. The van der Waals surface area contributed by atoms with E-state index in [1.165, 1.54) is 5.39 Å². The Morgan fingerprint density at radius 1 is 1.45 bits per heavy atom. The van der Waals surface area contributed by atoms with Crippen LogP contribution in [0.3, 0.4) is 0 Å². The van der Waals surface area contributed by atoms with Crippen LogP contribution in [-0.2, 0) is 6.54 Å². The first-order valence-electron chi connectivity index (χ1n) is 7.91. The number of hydrogen-bond donors (Lipinski definition) is 2. The molecule has 22 heavy (non-hydrogen) atoms. The summed E-state index contributed by atoms with van der Waals surface area (Å²) in [6.45, 7) is 6.12. The van der Waals surface area contributed by atoms with Gasteiger partial charge in [-0.1, -0.05) is 6.07 Å². The second-order valence-electron chi connectivity index (χ2n) is 6.04. The van der Waals surface area contributed by atoms with Gasteiger partial charge in [0.1, 0.15) is 0 Å². The molecule has 0 radical (unpaired) electrons. The molecule has 0 unspecified atom stereocenters. The molecule has 2 N–H and O–H groups in total. The number of anilines is 1. The van der Waals surface area contributed by atoms with Crippen molar-refractivity contribution in [2.75, 3.05) is 18.4 Å². The zero-order chi connectivity index (χ0) is 15.7. The Hall–Kier alpha value is -2.01. The van der Waals surface area contributed by atoms with Gasteiger partial charge < -0.3 is 19.9 Å². The number of fused-ring (bicyclic) bond motifs is 1. The average molecular weight is 301 g/mol. The number of aliphatic hydroxyl groups is 1. The van der Waals surface area contributed by atoms with Gasteiger partial charge in [-0.15, -0.1) is 0 Å². The van der Waals surface area contributed by atoms with Crippen molar-refractivity contribution in [2.24, 2.45) is 5.92 Å². The van der Waals surface area contributed by atoms with Gasteiger partial charge in [-0.25, -0.2) is 4.79 Å². The molecule has 2 atom stereocenters. The summed E-state index contributed by atoms with van der Waals surface area (Å²) in [6, 6.07) is 7.97. The fourth-order valence-corrected chi connectivity index (χ4v) is 3.11. The van der Waals surface area contributed by atoms with Crippen molar-refractivity contribution in [3.8, 4) is 0 Å². The third-order valence-corrected chi connectivity index (χ3v) is 4.56. The largest absolute Gasteiger partial charge is 0.393 e. The van der Waals surface area contributed by atoms with Crippen LogP contribution < -0.4 is 5.32 Å². The van der Waals surface area contributed by atoms with Crippen molar-refractivity contribution in [2.45, 2.75) is 32.9 Å². The van der Waals surface area contributed by atoms with E-state index >= 15 is 0 Å². The predicted octanol–water partition coefficient (Wildman–Crippen LogP) is 2.90. The highest BCUT2D eigenvalue weighted by atomic mass is 16.3. The number of carbonyl (C=O) groups excluding carboxylic acids is 1. The van der Waals surface area contributed by atoms with E-state index in [0.29, 0.717) is 13.1 Å². The van der Waals surface area contributed by atoms with E-state index in [4.69, 9.17) is 0 Å². The number of nitrogens with zero attached hydrogens (tertiary/aromatic N) is 2. The maximum atomic E-state index is 12.3. The smallest absolute Gasteiger partial charge is 0.321 e. The lowest BCUT2D eigenvalue weighted by molar-refractivity contribution is 0.130.